The fourth-order valence-electron chi connectivity index (χ4n) is 2.17. The highest BCUT2D eigenvalue weighted by molar-refractivity contribution is 5.40. The lowest BCUT2D eigenvalue weighted by atomic mass is 10.4. The van der Waals surface area contributed by atoms with Gasteiger partial charge in [0, 0.05) is 25.5 Å². The second kappa shape index (κ2) is 6.06. The molecule has 3 heterocycles. The zero-order valence-electron chi connectivity index (χ0n) is 11.5. The molecule has 1 fully saturated rings. The maximum Gasteiger partial charge on any atom is 0.241 e. The van der Waals surface area contributed by atoms with E-state index in [9.17, 15) is 0 Å². The molecule has 2 aromatic heterocycles. The molecule has 1 aliphatic rings. The Labute approximate surface area is 117 Å². The van der Waals surface area contributed by atoms with Crippen LogP contribution in [0, 0.1) is 6.92 Å². The summed E-state index contributed by atoms with van der Waals surface area (Å²) in [5, 5.41) is 7.32. The van der Waals surface area contributed by atoms with Crippen molar-refractivity contribution >= 4 is 0 Å². The molecule has 1 saturated heterocycles. The van der Waals surface area contributed by atoms with Gasteiger partial charge in [0.2, 0.25) is 17.5 Å². The Kier molecular flexibility index (Phi) is 3.98. The number of nitrogens with zero attached hydrogens (tertiary/aromatic N) is 5. The Morgan fingerprint density at radius 3 is 2.90 bits per heavy atom. The molecule has 2 aromatic rings. The first-order valence-electron chi connectivity index (χ1n) is 6.86. The largest absolute Gasteiger partial charge is 0.337 e. The average molecular weight is 274 g/mol. The van der Waals surface area contributed by atoms with Crippen molar-refractivity contribution in [3.05, 3.63) is 23.8 Å². The molecule has 106 valence electrons. The first kappa shape index (κ1) is 13.1. The molecule has 0 unspecified atom stereocenters. The molecule has 0 saturated carbocycles. The highest BCUT2D eigenvalue weighted by atomic mass is 16.5. The SMILES string of the molecule is Cc1cnc(-c2noc(CN3CCCNCC3)n2)nc1. The van der Waals surface area contributed by atoms with Gasteiger partial charge >= 0.3 is 0 Å². The number of hydrogen-bond donors (Lipinski definition) is 1. The van der Waals surface area contributed by atoms with Crippen LogP contribution in [0.3, 0.4) is 0 Å². The maximum absolute atomic E-state index is 5.29. The van der Waals surface area contributed by atoms with Crippen molar-refractivity contribution in [1.29, 1.82) is 0 Å². The average Bonchev–Trinajstić information content (AvgIpc) is 2.76. The van der Waals surface area contributed by atoms with Crippen LogP contribution in [0.15, 0.2) is 16.9 Å². The zero-order valence-corrected chi connectivity index (χ0v) is 11.5. The summed E-state index contributed by atoms with van der Waals surface area (Å²) >= 11 is 0. The van der Waals surface area contributed by atoms with Gasteiger partial charge in [0.05, 0.1) is 6.54 Å². The van der Waals surface area contributed by atoms with Crippen molar-refractivity contribution in [3.63, 3.8) is 0 Å². The maximum atomic E-state index is 5.29. The molecule has 0 aromatic carbocycles. The third kappa shape index (κ3) is 3.17. The van der Waals surface area contributed by atoms with Crippen molar-refractivity contribution < 1.29 is 4.52 Å². The fourth-order valence-corrected chi connectivity index (χ4v) is 2.17. The zero-order chi connectivity index (χ0) is 13.8. The van der Waals surface area contributed by atoms with Crippen LogP contribution in [-0.2, 0) is 6.54 Å². The van der Waals surface area contributed by atoms with E-state index in [4.69, 9.17) is 4.52 Å². The monoisotopic (exact) mass is 274 g/mol. The predicted molar refractivity (Wildman–Crippen MR) is 72.8 cm³/mol. The minimum Gasteiger partial charge on any atom is -0.337 e. The van der Waals surface area contributed by atoms with Gasteiger partial charge in [-0.3, -0.25) is 4.90 Å². The Morgan fingerprint density at radius 1 is 1.20 bits per heavy atom. The van der Waals surface area contributed by atoms with Gasteiger partial charge in [0.25, 0.3) is 0 Å². The molecular weight excluding hydrogens is 256 g/mol. The summed E-state index contributed by atoms with van der Waals surface area (Å²) in [5.74, 6) is 1.57. The number of hydrogen-bond acceptors (Lipinski definition) is 7. The Bertz CT molecular complexity index is 544. The summed E-state index contributed by atoms with van der Waals surface area (Å²) in [4.78, 5) is 15.1. The molecule has 3 rings (SSSR count). The van der Waals surface area contributed by atoms with Crippen LogP contribution in [0.2, 0.25) is 0 Å². The molecule has 0 atom stereocenters. The predicted octanol–water partition coefficient (Wildman–Crippen LogP) is 0.630. The summed E-state index contributed by atoms with van der Waals surface area (Å²) < 4.78 is 5.29. The second-order valence-electron chi connectivity index (χ2n) is 4.98. The van der Waals surface area contributed by atoms with Crippen LogP contribution >= 0.6 is 0 Å². The smallest absolute Gasteiger partial charge is 0.241 e. The van der Waals surface area contributed by atoms with Gasteiger partial charge in [-0.15, -0.1) is 0 Å². The third-order valence-electron chi connectivity index (χ3n) is 3.24. The van der Waals surface area contributed by atoms with E-state index >= 15 is 0 Å². The first-order chi connectivity index (χ1) is 9.81. The summed E-state index contributed by atoms with van der Waals surface area (Å²) in [6.07, 6.45) is 4.64. The van der Waals surface area contributed by atoms with Crippen molar-refractivity contribution in [2.45, 2.75) is 19.9 Å². The van der Waals surface area contributed by atoms with E-state index in [-0.39, 0.29) is 0 Å². The van der Waals surface area contributed by atoms with Crippen molar-refractivity contribution in [1.82, 2.24) is 30.3 Å². The molecule has 0 spiro atoms. The molecule has 20 heavy (non-hydrogen) atoms. The lowest BCUT2D eigenvalue weighted by Gasteiger charge is -2.16. The van der Waals surface area contributed by atoms with Gasteiger partial charge in [-0.05, 0) is 32.0 Å². The van der Waals surface area contributed by atoms with Crippen LogP contribution in [0.25, 0.3) is 11.6 Å². The van der Waals surface area contributed by atoms with E-state index in [1.54, 1.807) is 12.4 Å². The lowest BCUT2D eigenvalue weighted by molar-refractivity contribution is 0.239. The summed E-state index contributed by atoms with van der Waals surface area (Å²) in [5.41, 5.74) is 1.01. The molecular formula is C13H18N6O. The molecule has 1 aliphatic heterocycles. The fraction of sp³-hybridized carbons (Fsp3) is 0.538. The van der Waals surface area contributed by atoms with Gasteiger partial charge in [0.1, 0.15) is 0 Å². The highest BCUT2D eigenvalue weighted by Crippen LogP contribution is 2.12. The van der Waals surface area contributed by atoms with E-state index in [0.29, 0.717) is 24.1 Å². The molecule has 0 aliphatic carbocycles. The van der Waals surface area contributed by atoms with Crippen molar-refractivity contribution in [2.24, 2.45) is 0 Å². The molecule has 0 amide bonds. The number of nitrogens with one attached hydrogen (secondary N) is 1. The van der Waals surface area contributed by atoms with Gasteiger partial charge in [0.15, 0.2) is 0 Å². The van der Waals surface area contributed by atoms with Crippen molar-refractivity contribution in [2.75, 3.05) is 26.2 Å². The Hall–Kier alpha value is -1.86. The summed E-state index contributed by atoms with van der Waals surface area (Å²) in [6.45, 7) is 6.74. The number of rotatable bonds is 3. The molecule has 0 radical (unpaired) electrons. The van der Waals surface area contributed by atoms with Crippen molar-refractivity contribution in [3.8, 4) is 11.6 Å². The number of aryl methyl sites for hydroxylation is 1. The van der Waals surface area contributed by atoms with Gasteiger partial charge in [-0.2, -0.15) is 4.98 Å². The summed E-state index contributed by atoms with van der Waals surface area (Å²) in [7, 11) is 0. The van der Waals surface area contributed by atoms with E-state index < -0.39 is 0 Å². The molecule has 7 heteroatoms. The second-order valence-corrected chi connectivity index (χ2v) is 4.98. The quantitative estimate of drug-likeness (QED) is 0.879. The minimum absolute atomic E-state index is 0.452. The molecule has 0 bridgehead atoms. The highest BCUT2D eigenvalue weighted by Gasteiger charge is 2.15. The van der Waals surface area contributed by atoms with E-state index in [2.05, 4.69) is 30.3 Å². The minimum atomic E-state index is 0.452. The topological polar surface area (TPSA) is 80.0 Å². The van der Waals surface area contributed by atoms with E-state index in [0.717, 1.165) is 38.2 Å². The van der Waals surface area contributed by atoms with E-state index in [1.807, 2.05) is 6.92 Å². The van der Waals surface area contributed by atoms with Crippen LogP contribution in [0.5, 0.6) is 0 Å². The Balaban J connectivity index is 1.68. The Morgan fingerprint density at radius 2 is 2.05 bits per heavy atom. The number of aromatic nitrogens is 4. The lowest BCUT2D eigenvalue weighted by Crippen LogP contribution is -2.27. The van der Waals surface area contributed by atoms with Crippen LogP contribution in [0.4, 0.5) is 0 Å². The van der Waals surface area contributed by atoms with Crippen LogP contribution in [0.1, 0.15) is 17.9 Å². The molecule has 7 nitrogen and oxygen atoms in total. The standard InChI is InChI=1S/C13H18N6O/c1-10-7-15-12(16-8-10)13-17-11(20-18-13)9-19-5-2-3-14-4-6-19/h7-8,14H,2-6,9H2,1H3. The van der Waals surface area contributed by atoms with Crippen LogP contribution in [-0.4, -0.2) is 51.2 Å². The normalized spacial score (nSPS) is 17.1. The third-order valence-corrected chi connectivity index (χ3v) is 3.24. The van der Waals surface area contributed by atoms with Gasteiger partial charge < -0.3 is 9.84 Å². The van der Waals surface area contributed by atoms with Crippen LogP contribution < -0.4 is 5.32 Å². The summed E-state index contributed by atoms with van der Waals surface area (Å²) in [6, 6.07) is 0. The van der Waals surface area contributed by atoms with Gasteiger partial charge in [-0.25, -0.2) is 9.97 Å². The van der Waals surface area contributed by atoms with E-state index in [1.165, 1.54) is 0 Å². The van der Waals surface area contributed by atoms with Gasteiger partial charge in [-0.1, -0.05) is 5.16 Å². The molecule has 1 N–H and O–H groups in total. The first-order valence-corrected chi connectivity index (χ1v) is 6.86.